The van der Waals surface area contributed by atoms with Gasteiger partial charge >= 0.3 is 6.18 Å². The van der Waals surface area contributed by atoms with E-state index in [1.165, 1.54) is 32.5 Å². The highest BCUT2D eigenvalue weighted by atomic mass is 19.4. The highest BCUT2D eigenvalue weighted by Crippen LogP contribution is 2.33. The molecule has 152 valence electrons. The highest BCUT2D eigenvalue weighted by Gasteiger charge is 2.30. The number of alkyl halides is 3. The van der Waals surface area contributed by atoms with Gasteiger partial charge in [0.25, 0.3) is 5.56 Å². The van der Waals surface area contributed by atoms with E-state index >= 15 is 0 Å². The van der Waals surface area contributed by atoms with Gasteiger partial charge in [0.1, 0.15) is 6.54 Å². The molecule has 0 radical (unpaired) electrons. The van der Waals surface area contributed by atoms with Crippen molar-refractivity contribution in [1.82, 2.24) is 9.78 Å². The maximum Gasteiger partial charge on any atom is 0.416 e. The Morgan fingerprint density at radius 2 is 1.93 bits per heavy atom. The molecule has 1 heterocycles. The molecule has 0 unspecified atom stereocenters. The first-order valence-electron chi connectivity index (χ1n) is 8.32. The zero-order valence-electron chi connectivity index (χ0n) is 15.4. The lowest BCUT2D eigenvalue weighted by Crippen LogP contribution is -2.29. The van der Waals surface area contributed by atoms with Crippen LogP contribution in [0.1, 0.15) is 5.56 Å². The van der Waals surface area contributed by atoms with Crippen molar-refractivity contribution in [2.75, 3.05) is 19.5 Å². The summed E-state index contributed by atoms with van der Waals surface area (Å²) in [5, 5.41) is 6.94. The number of carbonyl (C=O) groups excluding carboxylic acids is 1. The summed E-state index contributed by atoms with van der Waals surface area (Å²) in [5.41, 5.74) is -1.54. The number of halogens is 3. The van der Waals surface area contributed by atoms with E-state index in [2.05, 4.69) is 10.4 Å². The third kappa shape index (κ3) is 4.15. The molecular formula is C19H16F3N3O4. The number of benzene rings is 2. The molecule has 2 aromatic carbocycles. The fraction of sp³-hybridized carbons (Fsp3) is 0.211. The van der Waals surface area contributed by atoms with Crippen LogP contribution in [-0.4, -0.2) is 29.9 Å². The Hall–Kier alpha value is -3.56. The van der Waals surface area contributed by atoms with Gasteiger partial charge < -0.3 is 14.8 Å². The second-order valence-electron chi connectivity index (χ2n) is 6.00. The molecule has 7 nitrogen and oxygen atoms in total. The third-order valence-corrected chi connectivity index (χ3v) is 4.13. The van der Waals surface area contributed by atoms with Gasteiger partial charge in [0.2, 0.25) is 5.91 Å². The average Bonchev–Trinajstić information content (AvgIpc) is 2.68. The van der Waals surface area contributed by atoms with Gasteiger partial charge in [-0.3, -0.25) is 9.59 Å². The van der Waals surface area contributed by atoms with E-state index in [4.69, 9.17) is 9.47 Å². The molecule has 29 heavy (non-hydrogen) atoms. The summed E-state index contributed by atoms with van der Waals surface area (Å²) in [4.78, 5) is 25.0. The summed E-state index contributed by atoms with van der Waals surface area (Å²) in [6.07, 6.45) is -3.15. The Labute approximate surface area is 162 Å². The van der Waals surface area contributed by atoms with Gasteiger partial charge in [-0.05, 0) is 30.3 Å². The minimum Gasteiger partial charge on any atom is -0.493 e. The molecule has 10 heteroatoms. The fourth-order valence-electron chi connectivity index (χ4n) is 2.81. The van der Waals surface area contributed by atoms with Crippen molar-refractivity contribution in [3.05, 3.63) is 58.5 Å². The van der Waals surface area contributed by atoms with Gasteiger partial charge in [0, 0.05) is 11.1 Å². The molecule has 0 spiro atoms. The van der Waals surface area contributed by atoms with Crippen molar-refractivity contribution in [3.8, 4) is 11.5 Å². The first-order valence-corrected chi connectivity index (χ1v) is 8.32. The number of fused-ring (bicyclic) bond motifs is 1. The standard InChI is InChI=1S/C19H16F3N3O4/c1-28-14-7-6-11-9-23-25(18(27)16(11)17(14)29-2)10-15(26)24-13-5-3-4-12(8-13)19(20,21)22/h3-9H,10H2,1-2H3,(H,24,26). The number of nitrogens with one attached hydrogen (secondary N) is 1. The predicted octanol–water partition coefficient (Wildman–Crippen LogP) is 3.07. The smallest absolute Gasteiger partial charge is 0.416 e. The molecule has 0 aliphatic carbocycles. The van der Waals surface area contributed by atoms with E-state index in [-0.39, 0.29) is 16.8 Å². The molecule has 0 aliphatic heterocycles. The van der Waals surface area contributed by atoms with Gasteiger partial charge in [-0.2, -0.15) is 18.3 Å². The van der Waals surface area contributed by atoms with E-state index in [9.17, 15) is 22.8 Å². The number of ether oxygens (including phenoxy) is 2. The number of methoxy groups -OCH3 is 2. The number of aromatic nitrogens is 2. The normalized spacial score (nSPS) is 11.3. The Kier molecular flexibility index (Phi) is 5.44. The molecule has 3 aromatic rings. The van der Waals surface area contributed by atoms with E-state index in [1.807, 2.05) is 0 Å². The van der Waals surface area contributed by atoms with Gasteiger partial charge in [-0.25, -0.2) is 4.68 Å². The third-order valence-electron chi connectivity index (χ3n) is 4.13. The maximum atomic E-state index is 12.8. The topological polar surface area (TPSA) is 82.5 Å². The van der Waals surface area contributed by atoms with E-state index in [0.29, 0.717) is 11.1 Å². The SMILES string of the molecule is COc1ccc2cnn(CC(=O)Nc3cccc(C(F)(F)F)c3)c(=O)c2c1OC. The van der Waals surface area contributed by atoms with Crippen molar-refractivity contribution in [3.63, 3.8) is 0 Å². The van der Waals surface area contributed by atoms with Crippen molar-refractivity contribution < 1.29 is 27.4 Å². The Balaban J connectivity index is 1.90. The molecule has 3 rings (SSSR count). The first kappa shape index (κ1) is 20.2. The van der Waals surface area contributed by atoms with Gasteiger partial charge in [-0.15, -0.1) is 0 Å². The lowest BCUT2D eigenvalue weighted by molar-refractivity contribution is -0.137. The monoisotopic (exact) mass is 407 g/mol. The quantitative estimate of drug-likeness (QED) is 0.703. The molecule has 1 aromatic heterocycles. The predicted molar refractivity (Wildman–Crippen MR) is 99.2 cm³/mol. The molecule has 0 bridgehead atoms. The van der Waals surface area contributed by atoms with Crippen LogP contribution in [-0.2, 0) is 17.5 Å². The first-order chi connectivity index (χ1) is 13.7. The second-order valence-corrected chi connectivity index (χ2v) is 6.00. The van der Waals surface area contributed by atoms with Crippen LogP contribution < -0.4 is 20.3 Å². The summed E-state index contributed by atoms with van der Waals surface area (Å²) >= 11 is 0. The van der Waals surface area contributed by atoms with Crippen LogP contribution in [0.5, 0.6) is 11.5 Å². The molecule has 0 fully saturated rings. The zero-order chi connectivity index (χ0) is 21.2. The summed E-state index contributed by atoms with van der Waals surface area (Å²) in [5.74, 6) is -0.173. The Morgan fingerprint density at radius 3 is 2.59 bits per heavy atom. The minimum atomic E-state index is -4.53. The van der Waals surface area contributed by atoms with Crippen LogP contribution in [0.4, 0.5) is 18.9 Å². The van der Waals surface area contributed by atoms with Gasteiger partial charge in [-0.1, -0.05) is 6.07 Å². The molecule has 1 amide bonds. The number of hydrogen-bond acceptors (Lipinski definition) is 5. The lowest BCUT2D eigenvalue weighted by atomic mass is 10.1. The lowest BCUT2D eigenvalue weighted by Gasteiger charge is -2.12. The molecule has 0 atom stereocenters. The van der Waals surface area contributed by atoms with Crippen molar-refractivity contribution in [2.45, 2.75) is 12.7 Å². The van der Waals surface area contributed by atoms with Crippen molar-refractivity contribution in [1.29, 1.82) is 0 Å². The number of amides is 1. The van der Waals surface area contributed by atoms with Crippen LogP contribution in [0.15, 0.2) is 47.4 Å². The molecule has 0 saturated carbocycles. The van der Waals surface area contributed by atoms with Crippen LogP contribution >= 0.6 is 0 Å². The number of rotatable bonds is 5. The number of anilines is 1. The largest absolute Gasteiger partial charge is 0.493 e. The van der Waals surface area contributed by atoms with Gasteiger partial charge in [0.05, 0.1) is 31.4 Å². The van der Waals surface area contributed by atoms with E-state index in [1.54, 1.807) is 12.1 Å². The van der Waals surface area contributed by atoms with Crippen LogP contribution in [0.2, 0.25) is 0 Å². The number of nitrogens with zero attached hydrogens (tertiary/aromatic N) is 2. The highest BCUT2D eigenvalue weighted by molar-refractivity contribution is 5.92. The second kappa shape index (κ2) is 7.82. The maximum absolute atomic E-state index is 12.8. The van der Waals surface area contributed by atoms with Crippen molar-refractivity contribution in [2.24, 2.45) is 0 Å². The molecular weight excluding hydrogens is 391 g/mol. The van der Waals surface area contributed by atoms with E-state index < -0.39 is 29.8 Å². The summed E-state index contributed by atoms with van der Waals surface area (Å²) in [6.45, 7) is -0.495. The molecule has 1 N–H and O–H groups in total. The van der Waals surface area contributed by atoms with Crippen LogP contribution in [0.25, 0.3) is 10.8 Å². The van der Waals surface area contributed by atoms with Crippen LogP contribution in [0, 0.1) is 0 Å². The number of hydrogen-bond donors (Lipinski definition) is 1. The zero-order valence-corrected chi connectivity index (χ0v) is 15.4. The van der Waals surface area contributed by atoms with Gasteiger partial charge in [0.15, 0.2) is 11.5 Å². The summed E-state index contributed by atoms with van der Waals surface area (Å²) in [6, 6.07) is 7.44. The molecule has 0 saturated heterocycles. The van der Waals surface area contributed by atoms with E-state index in [0.717, 1.165) is 16.8 Å². The van der Waals surface area contributed by atoms with Crippen LogP contribution in [0.3, 0.4) is 0 Å². The Bertz CT molecular complexity index is 1130. The number of carbonyl (C=O) groups is 1. The average molecular weight is 407 g/mol. The Morgan fingerprint density at radius 1 is 1.17 bits per heavy atom. The fourth-order valence-corrected chi connectivity index (χ4v) is 2.81. The summed E-state index contributed by atoms with van der Waals surface area (Å²) < 4.78 is 49.7. The minimum absolute atomic E-state index is 0.0436. The summed E-state index contributed by atoms with van der Waals surface area (Å²) in [7, 11) is 2.80. The van der Waals surface area contributed by atoms with Crippen molar-refractivity contribution >= 4 is 22.4 Å². The molecule has 0 aliphatic rings.